The highest BCUT2D eigenvalue weighted by Gasteiger charge is 2.34. The summed E-state index contributed by atoms with van der Waals surface area (Å²) in [6, 6.07) is 4.61. The third-order valence-electron chi connectivity index (χ3n) is 5.31. The molecule has 2 atom stereocenters. The van der Waals surface area contributed by atoms with Crippen LogP contribution >= 0.6 is 0 Å². The lowest BCUT2D eigenvalue weighted by molar-refractivity contribution is 0.454. The second-order valence-electron chi connectivity index (χ2n) is 6.56. The molecule has 0 saturated carbocycles. The van der Waals surface area contributed by atoms with Gasteiger partial charge in [0.15, 0.2) is 5.82 Å². The average molecular weight is 296 g/mol. The fourth-order valence-corrected chi connectivity index (χ4v) is 4.16. The second kappa shape index (κ2) is 5.20. The molecule has 1 aromatic heterocycles. The van der Waals surface area contributed by atoms with Gasteiger partial charge in [0, 0.05) is 26.2 Å². The molecule has 0 radical (unpaired) electrons. The molecule has 1 aliphatic heterocycles. The molecular weight excluding hydrogens is 272 g/mol. The first-order chi connectivity index (χ1) is 10.7. The summed E-state index contributed by atoms with van der Waals surface area (Å²) >= 11 is 0. The molecule has 2 aliphatic rings. The molecule has 1 saturated heterocycles. The molecule has 4 rings (SSSR count). The lowest BCUT2D eigenvalue weighted by Gasteiger charge is -2.21. The van der Waals surface area contributed by atoms with Gasteiger partial charge in [0.05, 0.1) is 16.7 Å². The summed E-state index contributed by atoms with van der Waals surface area (Å²) in [5, 5.41) is 3.56. The number of piperidine rings is 1. The standard InChI is InChI=1S/C18H24N4/c1-4-22(5-2)18-11(3)20-16-7-14-12-6-13(10-19-9-12)15(14)8-17(16)21-18/h7-8,12-13,19H,4-6,9-10H2,1-3H3. The zero-order chi connectivity index (χ0) is 15.3. The first-order valence-electron chi connectivity index (χ1n) is 8.49. The summed E-state index contributed by atoms with van der Waals surface area (Å²) in [7, 11) is 0. The van der Waals surface area contributed by atoms with E-state index in [0.29, 0.717) is 11.8 Å². The largest absolute Gasteiger partial charge is 0.356 e. The number of hydrogen-bond acceptors (Lipinski definition) is 4. The zero-order valence-corrected chi connectivity index (χ0v) is 13.7. The van der Waals surface area contributed by atoms with Crippen LogP contribution in [0.2, 0.25) is 0 Å². The molecule has 1 aliphatic carbocycles. The highest BCUT2D eigenvalue weighted by molar-refractivity contribution is 5.79. The van der Waals surface area contributed by atoms with Gasteiger partial charge in [-0.3, -0.25) is 0 Å². The molecule has 2 bridgehead atoms. The molecule has 22 heavy (non-hydrogen) atoms. The Labute approximate surface area is 131 Å². The highest BCUT2D eigenvalue weighted by Crippen LogP contribution is 2.44. The SMILES string of the molecule is CCN(CC)c1nc2cc3c(cc2nc1C)C1CNCC3C1. The van der Waals surface area contributed by atoms with Gasteiger partial charge in [-0.2, -0.15) is 0 Å². The molecular formula is C18H24N4. The van der Waals surface area contributed by atoms with Gasteiger partial charge in [-0.15, -0.1) is 0 Å². The lowest BCUT2D eigenvalue weighted by atomic mass is 9.98. The maximum Gasteiger partial charge on any atom is 0.150 e. The van der Waals surface area contributed by atoms with Crippen molar-refractivity contribution in [3.8, 4) is 0 Å². The third-order valence-corrected chi connectivity index (χ3v) is 5.31. The van der Waals surface area contributed by atoms with E-state index >= 15 is 0 Å². The summed E-state index contributed by atoms with van der Waals surface area (Å²) in [6.07, 6.45) is 1.29. The fourth-order valence-electron chi connectivity index (χ4n) is 4.16. The molecule has 1 fully saturated rings. The molecule has 2 unspecified atom stereocenters. The number of aromatic nitrogens is 2. The second-order valence-corrected chi connectivity index (χ2v) is 6.56. The number of anilines is 1. The van der Waals surface area contributed by atoms with Crippen molar-refractivity contribution in [3.05, 3.63) is 29.0 Å². The van der Waals surface area contributed by atoms with E-state index in [4.69, 9.17) is 9.97 Å². The van der Waals surface area contributed by atoms with Gasteiger partial charge in [0.2, 0.25) is 0 Å². The van der Waals surface area contributed by atoms with Crippen LogP contribution in [0.4, 0.5) is 5.82 Å². The number of benzene rings is 1. The van der Waals surface area contributed by atoms with E-state index in [1.54, 1.807) is 0 Å². The molecule has 2 aromatic rings. The Kier molecular flexibility index (Phi) is 3.30. The topological polar surface area (TPSA) is 41.1 Å². The van der Waals surface area contributed by atoms with Crippen LogP contribution in [0.5, 0.6) is 0 Å². The summed E-state index contributed by atoms with van der Waals surface area (Å²) < 4.78 is 0. The fraction of sp³-hybridized carbons (Fsp3) is 0.556. The Morgan fingerprint density at radius 2 is 1.64 bits per heavy atom. The molecule has 116 valence electrons. The number of nitrogens with zero attached hydrogens (tertiary/aromatic N) is 3. The third kappa shape index (κ3) is 2.01. The van der Waals surface area contributed by atoms with E-state index in [-0.39, 0.29) is 0 Å². The van der Waals surface area contributed by atoms with E-state index in [2.05, 4.69) is 43.1 Å². The highest BCUT2D eigenvalue weighted by atomic mass is 15.2. The smallest absolute Gasteiger partial charge is 0.150 e. The van der Waals surface area contributed by atoms with Crippen molar-refractivity contribution >= 4 is 16.9 Å². The number of hydrogen-bond donors (Lipinski definition) is 1. The quantitative estimate of drug-likeness (QED) is 0.945. The van der Waals surface area contributed by atoms with E-state index in [1.165, 1.54) is 17.5 Å². The molecule has 1 N–H and O–H groups in total. The van der Waals surface area contributed by atoms with Crippen molar-refractivity contribution in [3.63, 3.8) is 0 Å². The van der Waals surface area contributed by atoms with E-state index < -0.39 is 0 Å². The number of rotatable bonds is 3. The minimum Gasteiger partial charge on any atom is -0.356 e. The predicted octanol–water partition coefficient (Wildman–Crippen LogP) is 2.96. The molecule has 4 heteroatoms. The summed E-state index contributed by atoms with van der Waals surface area (Å²) in [6.45, 7) is 10.6. The Morgan fingerprint density at radius 1 is 1.05 bits per heavy atom. The van der Waals surface area contributed by atoms with Crippen molar-refractivity contribution in [1.29, 1.82) is 0 Å². The van der Waals surface area contributed by atoms with Crippen LogP contribution in [0.1, 0.15) is 48.9 Å². The minimum atomic E-state index is 0.665. The van der Waals surface area contributed by atoms with Crippen molar-refractivity contribution in [2.45, 2.75) is 39.0 Å². The summed E-state index contributed by atoms with van der Waals surface area (Å²) in [4.78, 5) is 12.1. The van der Waals surface area contributed by atoms with Crippen LogP contribution in [-0.2, 0) is 0 Å². The van der Waals surface area contributed by atoms with Gasteiger partial charge in [-0.05, 0) is 62.3 Å². The van der Waals surface area contributed by atoms with Crippen LogP contribution in [0.25, 0.3) is 11.0 Å². The van der Waals surface area contributed by atoms with Gasteiger partial charge >= 0.3 is 0 Å². The molecule has 4 nitrogen and oxygen atoms in total. The average Bonchev–Trinajstić information content (AvgIpc) is 2.77. The molecule has 2 heterocycles. The van der Waals surface area contributed by atoms with E-state index in [9.17, 15) is 0 Å². The molecule has 0 amide bonds. The Balaban J connectivity index is 1.87. The zero-order valence-electron chi connectivity index (χ0n) is 13.7. The first kappa shape index (κ1) is 13.9. The van der Waals surface area contributed by atoms with Gasteiger partial charge in [-0.1, -0.05) is 0 Å². The normalized spacial score (nSPS) is 22.9. The number of aryl methyl sites for hydroxylation is 1. The van der Waals surface area contributed by atoms with Crippen molar-refractivity contribution in [2.75, 3.05) is 31.1 Å². The Morgan fingerprint density at radius 3 is 2.23 bits per heavy atom. The molecule has 1 aromatic carbocycles. The number of nitrogens with one attached hydrogen (secondary N) is 1. The maximum atomic E-state index is 4.95. The van der Waals surface area contributed by atoms with Crippen molar-refractivity contribution in [2.24, 2.45) is 0 Å². The van der Waals surface area contributed by atoms with Crippen LogP contribution < -0.4 is 10.2 Å². The number of fused-ring (bicyclic) bond motifs is 6. The maximum absolute atomic E-state index is 4.95. The Hall–Kier alpha value is -1.68. The van der Waals surface area contributed by atoms with E-state index in [1.807, 2.05) is 0 Å². The lowest BCUT2D eigenvalue weighted by Crippen LogP contribution is -2.28. The van der Waals surface area contributed by atoms with Crippen LogP contribution in [0.15, 0.2) is 12.1 Å². The predicted molar refractivity (Wildman–Crippen MR) is 90.8 cm³/mol. The van der Waals surface area contributed by atoms with Crippen LogP contribution in [0, 0.1) is 6.92 Å². The van der Waals surface area contributed by atoms with Crippen molar-refractivity contribution in [1.82, 2.24) is 15.3 Å². The van der Waals surface area contributed by atoms with Crippen molar-refractivity contribution < 1.29 is 0 Å². The van der Waals surface area contributed by atoms with Gasteiger partial charge < -0.3 is 10.2 Å². The Bertz CT molecular complexity index is 721. The van der Waals surface area contributed by atoms with Gasteiger partial charge in [0.25, 0.3) is 0 Å². The van der Waals surface area contributed by atoms with E-state index in [0.717, 1.165) is 48.7 Å². The molecule has 0 spiro atoms. The van der Waals surface area contributed by atoms with Crippen LogP contribution in [0.3, 0.4) is 0 Å². The van der Waals surface area contributed by atoms with Gasteiger partial charge in [-0.25, -0.2) is 9.97 Å². The summed E-state index contributed by atoms with van der Waals surface area (Å²) in [5.74, 6) is 2.37. The first-order valence-corrected chi connectivity index (χ1v) is 8.49. The van der Waals surface area contributed by atoms with Gasteiger partial charge in [0.1, 0.15) is 0 Å². The minimum absolute atomic E-state index is 0.665. The summed E-state index contributed by atoms with van der Waals surface area (Å²) in [5.41, 5.74) is 6.16. The van der Waals surface area contributed by atoms with Crippen LogP contribution in [-0.4, -0.2) is 36.1 Å². The monoisotopic (exact) mass is 296 g/mol.